The molecular formula is C14H18BrNO2S. The number of halogens is 1. The summed E-state index contributed by atoms with van der Waals surface area (Å²) in [6, 6.07) is 4.35. The third kappa shape index (κ3) is 3.97. The third-order valence-electron chi connectivity index (χ3n) is 3.29. The second-order valence-corrected chi connectivity index (χ2v) is 6.92. The van der Waals surface area contributed by atoms with Gasteiger partial charge in [-0.15, -0.1) is 11.8 Å². The SMILES string of the molecule is Cc1cc(SCC(=O)NC2CC(O)C2)c(C)cc1Br. The first-order chi connectivity index (χ1) is 8.95. The molecule has 0 spiro atoms. The maximum Gasteiger partial charge on any atom is 0.230 e. The van der Waals surface area contributed by atoms with Crippen molar-refractivity contribution in [3.63, 3.8) is 0 Å². The number of carbonyl (C=O) groups is 1. The number of thioether (sulfide) groups is 1. The number of aliphatic hydroxyl groups excluding tert-OH is 1. The van der Waals surface area contributed by atoms with E-state index in [0.29, 0.717) is 18.6 Å². The van der Waals surface area contributed by atoms with Crippen LogP contribution in [0.25, 0.3) is 0 Å². The molecule has 1 saturated carbocycles. The van der Waals surface area contributed by atoms with Gasteiger partial charge in [-0.3, -0.25) is 4.79 Å². The van der Waals surface area contributed by atoms with E-state index in [1.165, 1.54) is 11.1 Å². The lowest BCUT2D eigenvalue weighted by Gasteiger charge is -2.31. The smallest absolute Gasteiger partial charge is 0.230 e. The summed E-state index contributed by atoms with van der Waals surface area (Å²) in [5.41, 5.74) is 2.35. The Hall–Kier alpha value is -0.520. The van der Waals surface area contributed by atoms with Crippen molar-refractivity contribution in [1.29, 1.82) is 0 Å². The van der Waals surface area contributed by atoms with Gasteiger partial charge in [0.15, 0.2) is 0 Å². The van der Waals surface area contributed by atoms with Gasteiger partial charge in [-0.05, 0) is 49.9 Å². The second kappa shape index (κ2) is 6.29. The van der Waals surface area contributed by atoms with E-state index < -0.39 is 0 Å². The van der Waals surface area contributed by atoms with E-state index in [0.717, 1.165) is 9.37 Å². The molecule has 0 unspecified atom stereocenters. The zero-order valence-electron chi connectivity index (χ0n) is 11.1. The molecule has 0 radical (unpaired) electrons. The molecule has 0 aliphatic heterocycles. The number of amides is 1. The minimum Gasteiger partial charge on any atom is -0.393 e. The molecule has 1 aromatic carbocycles. The summed E-state index contributed by atoms with van der Waals surface area (Å²) < 4.78 is 1.10. The molecule has 5 heteroatoms. The van der Waals surface area contributed by atoms with Crippen molar-refractivity contribution < 1.29 is 9.90 Å². The van der Waals surface area contributed by atoms with Crippen molar-refractivity contribution in [1.82, 2.24) is 5.32 Å². The van der Waals surface area contributed by atoms with Gasteiger partial charge in [0.25, 0.3) is 0 Å². The molecule has 0 atom stereocenters. The summed E-state index contributed by atoms with van der Waals surface area (Å²) >= 11 is 5.06. The Morgan fingerprint density at radius 2 is 2.11 bits per heavy atom. The van der Waals surface area contributed by atoms with Gasteiger partial charge < -0.3 is 10.4 Å². The van der Waals surface area contributed by atoms with Gasteiger partial charge in [-0.2, -0.15) is 0 Å². The zero-order valence-corrected chi connectivity index (χ0v) is 13.5. The van der Waals surface area contributed by atoms with Crippen molar-refractivity contribution in [3.8, 4) is 0 Å². The quantitative estimate of drug-likeness (QED) is 0.826. The van der Waals surface area contributed by atoms with Crippen LogP contribution in [0.2, 0.25) is 0 Å². The maximum absolute atomic E-state index is 11.8. The van der Waals surface area contributed by atoms with Gasteiger partial charge >= 0.3 is 0 Å². The number of hydrogen-bond donors (Lipinski definition) is 2. The van der Waals surface area contributed by atoms with Crippen LogP contribution >= 0.6 is 27.7 Å². The summed E-state index contributed by atoms with van der Waals surface area (Å²) in [4.78, 5) is 12.9. The molecule has 3 nitrogen and oxygen atoms in total. The van der Waals surface area contributed by atoms with Gasteiger partial charge in [0.2, 0.25) is 5.91 Å². The third-order valence-corrected chi connectivity index (χ3v) is 5.30. The fraction of sp³-hybridized carbons (Fsp3) is 0.500. The van der Waals surface area contributed by atoms with E-state index in [4.69, 9.17) is 0 Å². The van der Waals surface area contributed by atoms with Crippen molar-refractivity contribution in [3.05, 3.63) is 27.7 Å². The van der Waals surface area contributed by atoms with Crippen LogP contribution in [-0.4, -0.2) is 28.9 Å². The minimum absolute atomic E-state index is 0.0434. The average molecular weight is 344 g/mol. The number of aryl methyl sites for hydroxylation is 2. The summed E-state index contributed by atoms with van der Waals surface area (Å²) in [6.45, 7) is 4.09. The molecule has 1 fully saturated rings. The largest absolute Gasteiger partial charge is 0.393 e. The monoisotopic (exact) mass is 343 g/mol. The number of nitrogens with one attached hydrogen (secondary N) is 1. The molecule has 0 saturated heterocycles. The molecule has 0 aromatic heterocycles. The minimum atomic E-state index is -0.227. The van der Waals surface area contributed by atoms with Gasteiger partial charge in [0, 0.05) is 15.4 Å². The molecule has 1 aliphatic rings. The molecule has 1 aliphatic carbocycles. The Labute approximate surface area is 126 Å². The van der Waals surface area contributed by atoms with Crippen LogP contribution < -0.4 is 5.32 Å². The van der Waals surface area contributed by atoms with E-state index in [1.54, 1.807) is 11.8 Å². The Balaban J connectivity index is 1.85. The number of carbonyl (C=O) groups excluding carboxylic acids is 1. The molecule has 0 bridgehead atoms. The number of benzene rings is 1. The highest BCUT2D eigenvalue weighted by Gasteiger charge is 2.28. The van der Waals surface area contributed by atoms with Crippen LogP contribution in [0, 0.1) is 13.8 Å². The number of aliphatic hydroxyl groups is 1. The fourth-order valence-corrected chi connectivity index (χ4v) is 3.40. The van der Waals surface area contributed by atoms with E-state index in [2.05, 4.69) is 33.4 Å². The van der Waals surface area contributed by atoms with Crippen LogP contribution in [0.1, 0.15) is 24.0 Å². The molecule has 19 heavy (non-hydrogen) atoms. The lowest BCUT2D eigenvalue weighted by molar-refractivity contribution is -0.120. The van der Waals surface area contributed by atoms with Gasteiger partial charge in [0.1, 0.15) is 0 Å². The zero-order chi connectivity index (χ0) is 14.0. The van der Waals surface area contributed by atoms with E-state index in [9.17, 15) is 9.90 Å². The highest BCUT2D eigenvalue weighted by atomic mass is 79.9. The maximum atomic E-state index is 11.8. The van der Waals surface area contributed by atoms with Crippen LogP contribution in [0.5, 0.6) is 0 Å². The molecule has 104 valence electrons. The van der Waals surface area contributed by atoms with Crippen molar-refractivity contribution >= 4 is 33.6 Å². The van der Waals surface area contributed by atoms with E-state index in [-0.39, 0.29) is 18.1 Å². The predicted molar refractivity (Wildman–Crippen MR) is 81.5 cm³/mol. The van der Waals surface area contributed by atoms with Crippen LogP contribution in [0.4, 0.5) is 0 Å². The van der Waals surface area contributed by atoms with Crippen molar-refractivity contribution in [2.45, 2.75) is 43.7 Å². The van der Waals surface area contributed by atoms with Gasteiger partial charge in [-0.25, -0.2) is 0 Å². The summed E-state index contributed by atoms with van der Waals surface area (Å²) in [6.07, 6.45) is 1.15. The molecular weight excluding hydrogens is 326 g/mol. The summed E-state index contributed by atoms with van der Waals surface area (Å²) in [5.74, 6) is 0.469. The van der Waals surface area contributed by atoms with Crippen LogP contribution in [0.15, 0.2) is 21.5 Å². The highest BCUT2D eigenvalue weighted by Crippen LogP contribution is 2.28. The summed E-state index contributed by atoms with van der Waals surface area (Å²) in [5, 5.41) is 12.1. The lowest BCUT2D eigenvalue weighted by atomic mass is 9.89. The van der Waals surface area contributed by atoms with Crippen LogP contribution in [-0.2, 0) is 4.79 Å². The predicted octanol–water partition coefficient (Wildman–Crippen LogP) is 2.80. The van der Waals surface area contributed by atoms with Crippen molar-refractivity contribution in [2.75, 3.05) is 5.75 Å². The van der Waals surface area contributed by atoms with E-state index in [1.807, 2.05) is 13.8 Å². The topological polar surface area (TPSA) is 49.3 Å². The fourth-order valence-electron chi connectivity index (χ4n) is 2.03. The first-order valence-electron chi connectivity index (χ1n) is 6.32. The average Bonchev–Trinajstić information content (AvgIpc) is 2.30. The van der Waals surface area contributed by atoms with Crippen LogP contribution in [0.3, 0.4) is 0 Å². The standard InChI is InChI=1S/C14H18BrNO2S/c1-8-4-13(9(2)3-12(8)15)19-7-14(18)16-10-5-11(17)6-10/h3-4,10-11,17H,5-7H2,1-2H3,(H,16,18). The Morgan fingerprint density at radius 1 is 1.42 bits per heavy atom. The lowest BCUT2D eigenvalue weighted by Crippen LogP contribution is -2.47. The first kappa shape index (κ1) is 14.9. The molecule has 0 heterocycles. The van der Waals surface area contributed by atoms with Gasteiger partial charge in [0.05, 0.1) is 11.9 Å². The molecule has 1 aromatic rings. The van der Waals surface area contributed by atoms with Crippen molar-refractivity contribution in [2.24, 2.45) is 0 Å². The Morgan fingerprint density at radius 3 is 2.74 bits per heavy atom. The summed E-state index contributed by atoms with van der Waals surface area (Å²) in [7, 11) is 0. The first-order valence-corrected chi connectivity index (χ1v) is 8.10. The number of hydrogen-bond acceptors (Lipinski definition) is 3. The normalized spacial score (nSPS) is 21.9. The van der Waals surface area contributed by atoms with Gasteiger partial charge in [-0.1, -0.05) is 15.9 Å². The highest BCUT2D eigenvalue weighted by molar-refractivity contribution is 9.10. The second-order valence-electron chi connectivity index (χ2n) is 5.05. The molecule has 2 N–H and O–H groups in total. The molecule has 2 rings (SSSR count). The number of rotatable bonds is 4. The molecule has 1 amide bonds. The Kier molecular flexibility index (Phi) is 4.92. The Bertz CT molecular complexity index is 487. The van der Waals surface area contributed by atoms with E-state index >= 15 is 0 Å².